The van der Waals surface area contributed by atoms with Gasteiger partial charge in [-0.2, -0.15) is 4.98 Å². The van der Waals surface area contributed by atoms with Crippen molar-refractivity contribution in [2.45, 2.75) is 37.1 Å². The molecule has 4 aromatic rings. The smallest absolute Gasteiger partial charge is 0.252 e. The summed E-state index contributed by atoms with van der Waals surface area (Å²) in [6.45, 7) is 6.52. The van der Waals surface area contributed by atoms with Gasteiger partial charge in [0.1, 0.15) is 0 Å². The van der Waals surface area contributed by atoms with Gasteiger partial charge in [0, 0.05) is 22.2 Å². The molecule has 0 unspecified atom stereocenters. The maximum absolute atomic E-state index is 12.1. The van der Waals surface area contributed by atoms with Gasteiger partial charge in [0.15, 0.2) is 5.16 Å². The number of aromatic nitrogens is 4. The van der Waals surface area contributed by atoms with E-state index in [0.29, 0.717) is 33.3 Å². The van der Waals surface area contributed by atoms with Gasteiger partial charge in [0.2, 0.25) is 11.7 Å². The topological polar surface area (TPSA) is 84.7 Å². The third-order valence-electron chi connectivity index (χ3n) is 4.65. The molecule has 31 heavy (non-hydrogen) atoms. The minimum atomic E-state index is -0.238. The number of hydrogen-bond acceptors (Lipinski definition) is 6. The van der Waals surface area contributed by atoms with E-state index < -0.39 is 0 Å². The molecule has 6 nitrogen and oxygen atoms in total. The van der Waals surface area contributed by atoms with Crippen LogP contribution >= 0.6 is 23.4 Å². The van der Waals surface area contributed by atoms with Crippen molar-refractivity contribution < 1.29 is 4.52 Å². The molecule has 0 aliphatic rings. The summed E-state index contributed by atoms with van der Waals surface area (Å²) in [6.07, 6.45) is 0. The van der Waals surface area contributed by atoms with E-state index in [-0.39, 0.29) is 11.0 Å². The lowest BCUT2D eigenvalue weighted by Gasteiger charge is -2.18. The van der Waals surface area contributed by atoms with E-state index in [9.17, 15) is 4.79 Å². The van der Waals surface area contributed by atoms with Crippen LogP contribution < -0.4 is 5.56 Å². The second kappa shape index (κ2) is 8.69. The van der Waals surface area contributed by atoms with Gasteiger partial charge in [-0.15, -0.1) is 0 Å². The van der Waals surface area contributed by atoms with E-state index in [1.807, 2.05) is 24.3 Å². The number of aromatic amines is 1. The second-order valence-electron chi connectivity index (χ2n) is 8.07. The van der Waals surface area contributed by atoms with Crippen LogP contribution in [0, 0.1) is 0 Å². The first-order chi connectivity index (χ1) is 14.8. The Morgan fingerprint density at radius 1 is 1.03 bits per heavy atom. The highest BCUT2D eigenvalue weighted by Crippen LogP contribution is 2.26. The summed E-state index contributed by atoms with van der Waals surface area (Å²) in [7, 11) is 0. The van der Waals surface area contributed by atoms with Gasteiger partial charge in [-0.1, -0.05) is 85.7 Å². The van der Waals surface area contributed by atoms with Crippen molar-refractivity contribution in [1.82, 2.24) is 20.1 Å². The Kier molecular flexibility index (Phi) is 5.98. The SMILES string of the molecule is CC(C)(C)c1ccc(-c2noc(CSc3nc(-c4cccc(Cl)c4)cc(=O)[nH]3)n2)cc1. The maximum Gasteiger partial charge on any atom is 0.252 e. The Balaban J connectivity index is 1.48. The molecule has 2 aromatic carbocycles. The molecular weight excluding hydrogens is 432 g/mol. The third-order valence-corrected chi connectivity index (χ3v) is 5.74. The molecule has 2 heterocycles. The minimum Gasteiger partial charge on any atom is -0.338 e. The van der Waals surface area contributed by atoms with Crippen LogP contribution in [0.25, 0.3) is 22.6 Å². The van der Waals surface area contributed by atoms with Gasteiger partial charge in [-0.05, 0) is 23.1 Å². The summed E-state index contributed by atoms with van der Waals surface area (Å²) < 4.78 is 5.38. The fourth-order valence-corrected chi connectivity index (χ4v) is 3.88. The van der Waals surface area contributed by atoms with Crippen molar-refractivity contribution in [3.05, 3.63) is 81.4 Å². The molecule has 2 aromatic heterocycles. The fraction of sp³-hybridized carbons (Fsp3) is 0.217. The minimum absolute atomic E-state index is 0.0844. The van der Waals surface area contributed by atoms with Crippen LogP contribution in [0.4, 0.5) is 0 Å². The first-order valence-corrected chi connectivity index (χ1v) is 11.1. The Morgan fingerprint density at radius 3 is 2.52 bits per heavy atom. The highest BCUT2D eigenvalue weighted by molar-refractivity contribution is 7.98. The largest absolute Gasteiger partial charge is 0.338 e. The van der Waals surface area contributed by atoms with Crippen molar-refractivity contribution in [2.24, 2.45) is 0 Å². The fourth-order valence-electron chi connectivity index (χ4n) is 2.98. The van der Waals surface area contributed by atoms with E-state index in [4.69, 9.17) is 16.1 Å². The molecular formula is C23H21ClN4O2S. The Morgan fingerprint density at radius 2 is 1.81 bits per heavy atom. The quantitative estimate of drug-likeness (QED) is 0.307. The van der Waals surface area contributed by atoms with Crippen LogP contribution in [0.2, 0.25) is 5.02 Å². The monoisotopic (exact) mass is 452 g/mol. The molecule has 1 N–H and O–H groups in total. The molecule has 0 fully saturated rings. The molecule has 4 rings (SSSR count). The van der Waals surface area contributed by atoms with E-state index in [0.717, 1.165) is 11.1 Å². The van der Waals surface area contributed by atoms with Crippen LogP contribution in [0.15, 0.2) is 69.1 Å². The van der Waals surface area contributed by atoms with Crippen molar-refractivity contribution in [2.75, 3.05) is 0 Å². The highest BCUT2D eigenvalue weighted by atomic mass is 35.5. The van der Waals surface area contributed by atoms with Crippen LogP contribution in [-0.2, 0) is 11.2 Å². The zero-order valence-corrected chi connectivity index (χ0v) is 18.9. The van der Waals surface area contributed by atoms with Gasteiger partial charge in [-0.3, -0.25) is 4.79 Å². The number of benzene rings is 2. The summed E-state index contributed by atoms with van der Waals surface area (Å²) in [6, 6.07) is 16.8. The summed E-state index contributed by atoms with van der Waals surface area (Å²) in [5.74, 6) is 1.37. The number of halogens is 1. The molecule has 0 spiro atoms. The summed E-state index contributed by atoms with van der Waals surface area (Å²) >= 11 is 7.37. The van der Waals surface area contributed by atoms with Crippen LogP contribution in [0.1, 0.15) is 32.2 Å². The van der Waals surface area contributed by atoms with Crippen LogP contribution in [0.5, 0.6) is 0 Å². The lowest BCUT2D eigenvalue weighted by atomic mass is 9.87. The Bertz CT molecular complexity index is 1260. The van der Waals surface area contributed by atoms with Crippen molar-refractivity contribution in [3.8, 4) is 22.6 Å². The lowest BCUT2D eigenvalue weighted by Crippen LogP contribution is -2.10. The van der Waals surface area contributed by atoms with E-state index in [1.54, 1.807) is 12.1 Å². The van der Waals surface area contributed by atoms with Crippen molar-refractivity contribution in [1.29, 1.82) is 0 Å². The number of H-pyrrole nitrogens is 1. The van der Waals surface area contributed by atoms with E-state index in [2.05, 4.69) is 53.0 Å². The number of thioether (sulfide) groups is 1. The summed E-state index contributed by atoms with van der Waals surface area (Å²) in [5.41, 5.74) is 3.31. The second-order valence-corrected chi connectivity index (χ2v) is 9.47. The molecule has 0 aliphatic carbocycles. The first kappa shape index (κ1) is 21.3. The average molecular weight is 453 g/mol. The summed E-state index contributed by atoms with van der Waals surface area (Å²) in [4.78, 5) is 23.8. The van der Waals surface area contributed by atoms with Gasteiger partial charge in [-0.25, -0.2) is 4.98 Å². The molecule has 8 heteroatoms. The highest BCUT2D eigenvalue weighted by Gasteiger charge is 2.15. The zero-order chi connectivity index (χ0) is 22.0. The van der Waals surface area contributed by atoms with Crippen molar-refractivity contribution >= 4 is 23.4 Å². The van der Waals surface area contributed by atoms with Gasteiger partial charge in [0.25, 0.3) is 5.56 Å². The maximum atomic E-state index is 12.1. The van der Waals surface area contributed by atoms with E-state index in [1.165, 1.54) is 23.4 Å². The molecule has 0 aliphatic heterocycles. The molecule has 0 radical (unpaired) electrons. The number of nitrogens with one attached hydrogen (secondary N) is 1. The Labute approximate surface area is 189 Å². The van der Waals surface area contributed by atoms with Gasteiger partial charge in [0.05, 0.1) is 11.4 Å². The van der Waals surface area contributed by atoms with Gasteiger partial charge >= 0.3 is 0 Å². The molecule has 0 atom stereocenters. The zero-order valence-electron chi connectivity index (χ0n) is 17.3. The molecule has 0 saturated carbocycles. The molecule has 0 bridgehead atoms. The number of nitrogens with zero attached hydrogens (tertiary/aromatic N) is 3. The number of hydrogen-bond donors (Lipinski definition) is 1. The van der Waals surface area contributed by atoms with Crippen molar-refractivity contribution in [3.63, 3.8) is 0 Å². The van der Waals surface area contributed by atoms with Crippen LogP contribution in [0.3, 0.4) is 0 Å². The average Bonchev–Trinajstić information content (AvgIpc) is 3.20. The third kappa shape index (κ3) is 5.24. The number of rotatable bonds is 5. The predicted octanol–water partition coefficient (Wildman–Crippen LogP) is 5.73. The molecule has 158 valence electrons. The molecule has 0 amide bonds. The van der Waals surface area contributed by atoms with E-state index >= 15 is 0 Å². The normalized spacial score (nSPS) is 11.6. The standard InChI is InChI=1S/C23H21ClN4O2S/c1-23(2,3)16-9-7-14(8-10-16)21-27-20(30-28-21)13-31-22-25-18(12-19(29)26-22)15-5-4-6-17(24)11-15/h4-12H,13H2,1-3H3,(H,25,26,29). The first-order valence-electron chi connectivity index (χ1n) is 9.71. The predicted molar refractivity (Wildman–Crippen MR) is 123 cm³/mol. The lowest BCUT2D eigenvalue weighted by molar-refractivity contribution is 0.391. The van der Waals surface area contributed by atoms with Gasteiger partial charge < -0.3 is 9.51 Å². The summed E-state index contributed by atoms with van der Waals surface area (Å²) in [5, 5.41) is 5.13. The van der Waals surface area contributed by atoms with Crippen LogP contribution in [-0.4, -0.2) is 20.1 Å². The Hall–Kier alpha value is -2.90. The molecule has 0 saturated heterocycles.